The monoisotopic (exact) mass is 296 g/mol. The lowest BCUT2D eigenvalue weighted by Crippen LogP contribution is -2.26. The lowest BCUT2D eigenvalue weighted by molar-refractivity contribution is 0.368. The summed E-state index contributed by atoms with van der Waals surface area (Å²) in [5.41, 5.74) is 4.91. The van der Waals surface area contributed by atoms with E-state index in [0.29, 0.717) is 11.3 Å². The van der Waals surface area contributed by atoms with Gasteiger partial charge in [0.1, 0.15) is 11.3 Å². The molecule has 2 aliphatic carbocycles. The minimum atomic E-state index is 0.270. The van der Waals surface area contributed by atoms with E-state index in [1.807, 2.05) is 0 Å². The molecule has 118 valence electrons. The standard InChI is InChI=1S/C21H28O/c1-13-14-6-7-21(5,11-14)18-10-19-15(9-17(13)18)8-16(22-19)12-20(2,3)4/h8-10,13-14H,6-7,11-12H2,1-5H3. The second kappa shape index (κ2) is 4.40. The Morgan fingerprint density at radius 1 is 1.23 bits per heavy atom. The van der Waals surface area contributed by atoms with Crippen LogP contribution in [0.2, 0.25) is 0 Å². The van der Waals surface area contributed by atoms with E-state index in [4.69, 9.17) is 4.42 Å². The van der Waals surface area contributed by atoms with Crippen LogP contribution < -0.4 is 0 Å². The molecule has 0 spiro atoms. The number of benzene rings is 1. The normalized spacial score (nSPS) is 30.8. The van der Waals surface area contributed by atoms with Gasteiger partial charge in [0.05, 0.1) is 0 Å². The number of fused-ring (bicyclic) bond motifs is 5. The van der Waals surface area contributed by atoms with Gasteiger partial charge in [-0.2, -0.15) is 0 Å². The summed E-state index contributed by atoms with van der Waals surface area (Å²) in [6.07, 6.45) is 5.10. The van der Waals surface area contributed by atoms with E-state index in [2.05, 4.69) is 52.8 Å². The van der Waals surface area contributed by atoms with Crippen LogP contribution in [0.3, 0.4) is 0 Å². The Hall–Kier alpha value is -1.24. The van der Waals surface area contributed by atoms with Gasteiger partial charge in [0, 0.05) is 11.8 Å². The molecule has 2 bridgehead atoms. The van der Waals surface area contributed by atoms with E-state index < -0.39 is 0 Å². The summed E-state index contributed by atoms with van der Waals surface area (Å²) in [4.78, 5) is 0. The fourth-order valence-corrected chi connectivity index (χ4v) is 4.88. The van der Waals surface area contributed by atoms with E-state index in [1.54, 1.807) is 11.1 Å². The van der Waals surface area contributed by atoms with Gasteiger partial charge in [0.25, 0.3) is 0 Å². The highest BCUT2D eigenvalue weighted by molar-refractivity contribution is 5.81. The molecule has 1 fully saturated rings. The van der Waals surface area contributed by atoms with Crippen molar-refractivity contribution in [2.45, 2.75) is 71.6 Å². The summed E-state index contributed by atoms with van der Waals surface area (Å²) in [6, 6.07) is 7.07. The van der Waals surface area contributed by atoms with Gasteiger partial charge in [-0.1, -0.05) is 34.6 Å². The Balaban J connectivity index is 1.84. The molecule has 4 rings (SSSR count). The maximum absolute atomic E-state index is 6.20. The average molecular weight is 296 g/mol. The molecule has 1 heterocycles. The fourth-order valence-electron chi connectivity index (χ4n) is 4.88. The highest BCUT2D eigenvalue weighted by Crippen LogP contribution is 2.56. The molecule has 1 aromatic heterocycles. The summed E-state index contributed by atoms with van der Waals surface area (Å²) in [7, 11) is 0. The molecule has 22 heavy (non-hydrogen) atoms. The first-order valence-electron chi connectivity index (χ1n) is 8.82. The maximum atomic E-state index is 6.20. The third-order valence-electron chi connectivity index (χ3n) is 6.07. The lowest BCUT2D eigenvalue weighted by Gasteiger charge is -2.36. The second-order valence-corrected chi connectivity index (χ2v) is 9.28. The quantitative estimate of drug-likeness (QED) is 0.611. The molecule has 1 nitrogen and oxygen atoms in total. The smallest absolute Gasteiger partial charge is 0.134 e. The Labute approximate surface area is 134 Å². The molecule has 2 aromatic rings. The van der Waals surface area contributed by atoms with Crippen molar-refractivity contribution in [3.8, 4) is 0 Å². The molecule has 0 radical (unpaired) electrons. The van der Waals surface area contributed by atoms with Gasteiger partial charge in [-0.05, 0) is 71.3 Å². The fraction of sp³-hybridized carbons (Fsp3) is 0.619. The second-order valence-electron chi connectivity index (χ2n) is 9.28. The zero-order valence-electron chi connectivity index (χ0n) is 14.6. The molecule has 2 aliphatic rings. The van der Waals surface area contributed by atoms with Crippen molar-refractivity contribution in [1.29, 1.82) is 0 Å². The molecule has 0 aliphatic heterocycles. The van der Waals surface area contributed by atoms with Crippen LogP contribution >= 0.6 is 0 Å². The van der Waals surface area contributed by atoms with Crippen LogP contribution in [0.5, 0.6) is 0 Å². The summed E-state index contributed by atoms with van der Waals surface area (Å²) in [5.74, 6) is 2.72. The average Bonchev–Trinajstić information content (AvgIpc) is 2.95. The molecule has 3 atom stereocenters. The molecule has 3 unspecified atom stereocenters. The van der Waals surface area contributed by atoms with E-state index in [1.165, 1.54) is 24.6 Å². The van der Waals surface area contributed by atoms with Crippen molar-refractivity contribution >= 4 is 11.0 Å². The molecule has 0 N–H and O–H groups in total. The predicted molar refractivity (Wildman–Crippen MR) is 92.5 cm³/mol. The first-order valence-corrected chi connectivity index (χ1v) is 8.82. The van der Waals surface area contributed by atoms with Crippen LogP contribution in [-0.4, -0.2) is 0 Å². The summed E-state index contributed by atoms with van der Waals surface area (Å²) >= 11 is 0. The van der Waals surface area contributed by atoms with Gasteiger partial charge in [-0.3, -0.25) is 0 Å². The van der Waals surface area contributed by atoms with Crippen molar-refractivity contribution in [1.82, 2.24) is 0 Å². The van der Waals surface area contributed by atoms with Crippen LogP contribution in [0.1, 0.15) is 76.7 Å². The third-order valence-corrected chi connectivity index (χ3v) is 6.07. The van der Waals surface area contributed by atoms with Crippen molar-refractivity contribution in [2.75, 3.05) is 0 Å². The van der Waals surface area contributed by atoms with Gasteiger partial charge in [0.2, 0.25) is 0 Å². The first-order chi connectivity index (χ1) is 10.3. The molecule has 0 amide bonds. The van der Waals surface area contributed by atoms with Crippen molar-refractivity contribution in [3.63, 3.8) is 0 Å². The van der Waals surface area contributed by atoms with Crippen molar-refractivity contribution in [2.24, 2.45) is 11.3 Å². The molecule has 0 saturated heterocycles. The molecule has 1 saturated carbocycles. The van der Waals surface area contributed by atoms with E-state index >= 15 is 0 Å². The third kappa shape index (κ3) is 2.13. The highest BCUT2D eigenvalue weighted by atomic mass is 16.3. The first kappa shape index (κ1) is 14.4. The van der Waals surface area contributed by atoms with Gasteiger partial charge >= 0.3 is 0 Å². The van der Waals surface area contributed by atoms with E-state index in [9.17, 15) is 0 Å². The number of furan rings is 1. The topological polar surface area (TPSA) is 13.1 Å². The maximum Gasteiger partial charge on any atom is 0.134 e. The SMILES string of the molecule is CC1c2cc3cc(CC(C)(C)C)oc3cc2C2(C)CCC1C2. The molecular weight excluding hydrogens is 268 g/mol. The summed E-state index contributed by atoms with van der Waals surface area (Å²) in [5, 5.41) is 1.30. The minimum Gasteiger partial charge on any atom is -0.461 e. The largest absolute Gasteiger partial charge is 0.461 e. The number of hydrogen-bond acceptors (Lipinski definition) is 1. The Bertz CT molecular complexity index is 730. The van der Waals surface area contributed by atoms with Crippen molar-refractivity contribution in [3.05, 3.63) is 35.1 Å². The summed E-state index contributed by atoms with van der Waals surface area (Å²) < 4.78 is 6.20. The summed E-state index contributed by atoms with van der Waals surface area (Å²) in [6.45, 7) is 11.7. The molecule has 1 heteroatoms. The zero-order valence-corrected chi connectivity index (χ0v) is 14.6. The van der Waals surface area contributed by atoms with E-state index in [-0.39, 0.29) is 5.41 Å². The Morgan fingerprint density at radius 2 is 2.00 bits per heavy atom. The van der Waals surface area contributed by atoms with Crippen LogP contribution in [-0.2, 0) is 11.8 Å². The molecular formula is C21H28O. The van der Waals surface area contributed by atoms with Gasteiger partial charge in [-0.15, -0.1) is 0 Å². The van der Waals surface area contributed by atoms with Gasteiger partial charge < -0.3 is 4.42 Å². The van der Waals surface area contributed by atoms with Crippen LogP contribution in [0.15, 0.2) is 22.6 Å². The predicted octanol–water partition coefficient (Wildman–Crippen LogP) is 6.20. The number of hydrogen-bond donors (Lipinski definition) is 0. The zero-order chi connectivity index (χ0) is 15.7. The molecule has 1 aromatic carbocycles. The van der Waals surface area contributed by atoms with E-state index in [0.717, 1.165) is 23.7 Å². The van der Waals surface area contributed by atoms with Gasteiger partial charge in [-0.25, -0.2) is 0 Å². The Morgan fingerprint density at radius 3 is 2.73 bits per heavy atom. The lowest BCUT2D eigenvalue weighted by atomic mass is 9.68. The van der Waals surface area contributed by atoms with Gasteiger partial charge in [0.15, 0.2) is 0 Å². The van der Waals surface area contributed by atoms with Crippen LogP contribution in [0.25, 0.3) is 11.0 Å². The van der Waals surface area contributed by atoms with Crippen molar-refractivity contribution < 1.29 is 4.42 Å². The van der Waals surface area contributed by atoms with Crippen LogP contribution in [0.4, 0.5) is 0 Å². The minimum absolute atomic E-state index is 0.270. The Kier molecular flexibility index (Phi) is 2.87. The highest BCUT2D eigenvalue weighted by Gasteiger charge is 2.45. The van der Waals surface area contributed by atoms with Crippen LogP contribution in [0, 0.1) is 11.3 Å². The number of rotatable bonds is 1.